The summed E-state index contributed by atoms with van der Waals surface area (Å²) >= 11 is 0. The number of nitrogens with one attached hydrogen (secondary N) is 1. The van der Waals surface area contributed by atoms with Crippen molar-refractivity contribution in [3.05, 3.63) is 52.2 Å². The number of nitrogens with zero attached hydrogens (tertiary/aromatic N) is 5. The second-order valence-electron chi connectivity index (χ2n) is 9.45. The highest BCUT2D eigenvalue weighted by molar-refractivity contribution is 5.93. The van der Waals surface area contributed by atoms with Gasteiger partial charge in [-0.25, -0.2) is 0 Å². The Labute approximate surface area is 208 Å². The van der Waals surface area contributed by atoms with E-state index in [0.29, 0.717) is 43.9 Å². The molecule has 0 spiro atoms. The van der Waals surface area contributed by atoms with Gasteiger partial charge >= 0.3 is 0 Å². The summed E-state index contributed by atoms with van der Waals surface area (Å²) in [6, 6.07) is 5.70. The van der Waals surface area contributed by atoms with Crippen molar-refractivity contribution in [2.75, 3.05) is 46.5 Å². The fourth-order valence-corrected chi connectivity index (χ4v) is 5.29. The molecule has 1 atom stereocenters. The molecule has 1 fully saturated rings. The summed E-state index contributed by atoms with van der Waals surface area (Å²) in [5.41, 5.74) is 3.25. The van der Waals surface area contributed by atoms with Crippen LogP contribution < -0.4 is 25.1 Å². The molecule has 0 bridgehead atoms. The summed E-state index contributed by atoms with van der Waals surface area (Å²) in [5.74, 6) is 2.18. The first-order chi connectivity index (χ1) is 17.7. The van der Waals surface area contributed by atoms with E-state index in [4.69, 9.17) is 14.2 Å². The van der Waals surface area contributed by atoms with Gasteiger partial charge in [0.1, 0.15) is 25.3 Å². The van der Waals surface area contributed by atoms with Gasteiger partial charge < -0.3 is 24.4 Å². The SMILES string of the molecule is CN=Cc1cnc2ccc(=O)n3c2c1OC[C@H]3CN1CCC(NCc2cc3c(cn2)OCCO3)CC1. The fraction of sp³-hybridized carbons (Fsp3) is 0.462. The van der Waals surface area contributed by atoms with Crippen molar-refractivity contribution in [3.63, 3.8) is 0 Å². The number of hydrogen-bond donors (Lipinski definition) is 1. The zero-order valence-corrected chi connectivity index (χ0v) is 20.4. The Kier molecular flexibility index (Phi) is 6.28. The van der Waals surface area contributed by atoms with Crippen molar-refractivity contribution >= 4 is 17.2 Å². The van der Waals surface area contributed by atoms with Crippen molar-refractivity contribution < 1.29 is 14.2 Å². The molecule has 3 aromatic rings. The third-order valence-electron chi connectivity index (χ3n) is 7.09. The largest absolute Gasteiger partial charge is 0.488 e. The molecule has 3 aromatic heterocycles. The topological polar surface area (TPSA) is 103 Å². The summed E-state index contributed by atoms with van der Waals surface area (Å²) in [4.78, 5) is 28.5. The number of pyridine rings is 3. The molecule has 1 N–H and O–H groups in total. The van der Waals surface area contributed by atoms with Crippen LogP contribution in [0.3, 0.4) is 0 Å². The van der Waals surface area contributed by atoms with E-state index in [1.807, 2.05) is 10.6 Å². The smallest absolute Gasteiger partial charge is 0.251 e. The molecule has 188 valence electrons. The number of aromatic nitrogens is 3. The summed E-state index contributed by atoms with van der Waals surface area (Å²) in [6.45, 7) is 4.98. The third kappa shape index (κ3) is 4.42. The molecule has 0 saturated carbocycles. The summed E-state index contributed by atoms with van der Waals surface area (Å²) < 4.78 is 19.3. The first-order valence-corrected chi connectivity index (χ1v) is 12.5. The van der Waals surface area contributed by atoms with Crippen LogP contribution in [0.5, 0.6) is 17.2 Å². The van der Waals surface area contributed by atoms with Crippen LogP contribution in [-0.4, -0.2) is 78.2 Å². The van der Waals surface area contributed by atoms with Gasteiger partial charge in [-0.05, 0) is 32.0 Å². The maximum Gasteiger partial charge on any atom is 0.251 e. The van der Waals surface area contributed by atoms with Crippen LogP contribution in [-0.2, 0) is 6.54 Å². The molecule has 36 heavy (non-hydrogen) atoms. The predicted molar refractivity (Wildman–Crippen MR) is 136 cm³/mol. The number of aliphatic imine (C=N–C) groups is 1. The van der Waals surface area contributed by atoms with Crippen LogP contribution in [0.15, 0.2) is 40.4 Å². The highest BCUT2D eigenvalue weighted by Gasteiger charge is 2.29. The number of rotatable bonds is 6. The highest BCUT2D eigenvalue weighted by atomic mass is 16.6. The maximum atomic E-state index is 12.9. The Balaban J connectivity index is 1.09. The molecule has 3 aliphatic rings. The molecule has 10 nitrogen and oxygen atoms in total. The fourth-order valence-electron chi connectivity index (χ4n) is 5.29. The lowest BCUT2D eigenvalue weighted by molar-refractivity contribution is 0.139. The number of hydrogen-bond acceptors (Lipinski definition) is 9. The highest BCUT2D eigenvalue weighted by Crippen LogP contribution is 2.33. The summed E-state index contributed by atoms with van der Waals surface area (Å²) in [6.07, 6.45) is 7.29. The third-order valence-corrected chi connectivity index (χ3v) is 7.09. The zero-order chi connectivity index (χ0) is 24.5. The van der Waals surface area contributed by atoms with Crippen LogP contribution >= 0.6 is 0 Å². The molecular formula is C26H30N6O4. The van der Waals surface area contributed by atoms with E-state index in [1.54, 1.807) is 37.8 Å². The second kappa shape index (κ2) is 9.87. The molecule has 6 heterocycles. The van der Waals surface area contributed by atoms with Gasteiger partial charge in [0, 0.05) is 50.7 Å². The van der Waals surface area contributed by atoms with Gasteiger partial charge in [0.25, 0.3) is 5.56 Å². The van der Waals surface area contributed by atoms with Crippen molar-refractivity contribution in [3.8, 4) is 17.2 Å². The first kappa shape index (κ1) is 22.9. The number of fused-ring (bicyclic) bond motifs is 1. The molecule has 3 aliphatic heterocycles. The Morgan fingerprint density at radius 3 is 2.78 bits per heavy atom. The van der Waals surface area contributed by atoms with Crippen LogP contribution in [0, 0.1) is 0 Å². The van der Waals surface area contributed by atoms with Gasteiger partial charge in [0.15, 0.2) is 17.2 Å². The van der Waals surface area contributed by atoms with Gasteiger partial charge in [-0.2, -0.15) is 0 Å². The van der Waals surface area contributed by atoms with E-state index in [2.05, 4.69) is 25.2 Å². The van der Waals surface area contributed by atoms with Crippen molar-refractivity contribution in [2.24, 2.45) is 4.99 Å². The molecule has 0 unspecified atom stereocenters. The van der Waals surface area contributed by atoms with Crippen LogP contribution in [0.4, 0.5) is 0 Å². The van der Waals surface area contributed by atoms with Gasteiger partial charge in [0.2, 0.25) is 0 Å². The number of piperidine rings is 1. The zero-order valence-electron chi connectivity index (χ0n) is 20.4. The molecule has 0 aliphatic carbocycles. The Morgan fingerprint density at radius 1 is 1.11 bits per heavy atom. The van der Waals surface area contributed by atoms with E-state index in [9.17, 15) is 4.79 Å². The van der Waals surface area contributed by atoms with Crippen LogP contribution in [0.2, 0.25) is 0 Å². The minimum absolute atomic E-state index is 0.0204. The molecule has 0 radical (unpaired) electrons. The Morgan fingerprint density at radius 2 is 1.94 bits per heavy atom. The lowest BCUT2D eigenvalue weighted by Crippen LogP contribution is -2.46. The number of likely N-dealkylation sites (tertiary alicyclic amines) is 1. The van der Waals surface area contributed by atoms with E-state index in [1.165, 1.54) is 0 Å². The maximum absolute atomic E-state index is 12.9. The minimum Gasteiger partial charge on any atom is -0.488 e. The van der Waals surface area contributed by atoms with E-state index in [0.717, 1.165) is 60.5 Å². The lowest BCUT2D eigenvalue weighted by Gasteiger charge is -2.36. The monoisotopic (exact) mass is 490 g/mol. The number of ether oxygens (including phenoxy) is 3. The van der Waals surface area contributed by atoms with E-state index < -0.39 is 0 Å². The van der Waals surface area contributed by atoms with Gasteiger partial charge in [-0.3, -0.25) is 24.3 Å². The standard InChI is InChI=1S/C26H30N6O4/c1-27-11-17-12-30-21-2-3-24(33)32-20(16-36-26(17)25(21)32)15-31-6-4-18(5-7-31)28-13-19-10-22-23(14-29-19)35-9-8-34-22/h2-3,10-12,14,18,20,28H,4-9,13,15-16H2,1H3/t20-/m1/s1. The minimum atomic E-state index is -0.0595. The molecule has 10 heteroatoms. The normalized spacial score (nSPS) is 20.1. The van der Waals surface area contributed by atoms with Crippen molar-refractivity contribution in [2.45, 2.75) is 31.5 Å². The molecule has 1 saturated heterocycles. The quantitative estimate of drug-likeness (QED) is 0.522. The van der Waals surface area contributed by atoms with Crippen LogP contribution in [0.1, 0.15) is 30.1 Å². The summed E-state index contributed by atoms with van der Waals surface area (Å²) in [7, 11) is 1.71. The summed E-state index contributed by atoms with van der Waals surface area (Å²) in [5, 5.41) is 3.64. The van der Waals surface area contributed by atoms with Crippen LogP contribution in [0.25, 0.3) is 11.0 Å². The van der Waals surface area contributed by atoms with Gasteiger partial charge in [-0.1, -0.05) is 0 Å². The van der Waals surface area contributed by atoms with E-state index in [-0.39, 0.29) is 11.6 Å². The Bertz CT molecular complexity index is 1350. The lowest BCUT2D eigenvalue weighted by atomic mass is 10.0. The Hall–Kier alpha value is -3.50. The first-order valence-electron chi connectivity index (χ1n) is 12.5. The average molecular weight is 491 g/mol. The van der Waals surface area contributed by atoms with Gasteiger partial charge in [0.05, 0.1) is 29.0 Å². The second-order valence-corrected chi connectivity index (χ2v) is 9.45. The predicted octanol–water partition coefficient (Wildman–Crippen LogP) is 1.80. The van der Waals surface area contributed by atoms with Crippen molar-refractivity contribution in [1.82, 2.24) is 24.8 Å². The van der Waals surface area contributed by atoms with E-state index >= 15 is 0 Å². The molecular weight excluding hydrogens is 460 g/mol. The van der Waals surface area contributed by atoms with Gasteiger partial charge in [-0.15, -0.1) is 0 Å². The average Bonchev–Trinajstić information content (AvgIpc) is 2.92. The molecule has 0 amide bonds. The molecule has 6 rings (SSSR count). The molecule has 0 aromatic carbocycles. The van der Waals surface area contributed by atoms with Crippen molar-refractivity contribution in [1.29, 1.82) is 0 Å².